The van der Waals surface area contributed by atoms with E-state index in [1.54, 1.807) is 0 Å². The minimum Gasteiger partial charge on any atom is -0.393 e. The first kappa shape index (κ1) is 13.4. The Labute approximate surface area is 98.4 Å². The Morgan fingerprint density at radius 3 is 2.88 bits per heavy atom. The molecule has 0 bridgehead atoms. The molecule has 2 N–H and O–H groups in total. The summed E-state index contributed by atoms with van der Waals surface area (Å²) in [7, 11) is 0. The molecule has 1 aromatic rings. The zero-order chi connectivity index (χ0) is 12.8. The smallest absolute Gasteiger partial charge is 0.295 e. The van der Waals surface area contributed by atoms with Crippen LogP contribution in [0.5, 0.6) is 0 Å². The number of aliphatic hydroxyl groups excluding tert-OH is 1. The lowest BCUT2D eigenvalue weighted by atomic mass is 10.2. The van der Waals surface area contributed by atoms with Crippen LogP contribution in [0.2, 0.25) is 0 Å². The van der Waals surface area contributed by atoms with Gasteiger partial charge in [0, 0.05) is 6.54 Å². The second-order valence-electron chi connectivity index (χ2n) is 3.70. The number of nitrogens with one attached hydrogen (secondary N) is 1. The number of anilines is 1. The number of rotatable bonds is 6. The fourth-order valence-corrected chi connectivity index (χ4v) is 1.38. The van der Waals surface area contributed by atoms with Crippen LogP contribution in [0.3, 0.4) is 0 Å². The van der Waals surface area contributed by atoms with Gasteiger partial charge in [-0.25, -0.2) is 4.39 Å². The number of halogens is 1. The van der Waals surface area contributed by atoms with Gasteiger partial charge in [0.05, 0.1) is 17.1 Å². The van der Waals surface area contributed by atoms with Crippen molar-refractivity contribution in [1.29, 1.82) is 0 Å². The molecule has 1 rings (SSSR count). The van der Waals surface area contributed by atoms with Gasteiger partial charge in [0.15, 0.2) is 0 Å². The van der Waals surface area contributed by atoms with E-state index >= 15 is 0 Å². The lowest BCUT2D eigenvalue weighted by Crippen LogP contribution is -2.13. The van der Waals surface area contributed by atoms with Crippen molar-refractivity contribution in [2.24, 2.45) is 0 Å². The Kier molecular flexibility index (Phi) is 4.84. The molecule has 0 heterocycles. The number of nitro benzene ring substituents is 1. The Morgan fingerprint density at radius 2 is 2.29 bits per heavy atom. The van der Waals surface area contributed by atoms with E-state index in [0.29, 0.717) is 19.4 Å². The van der Waals surface area contributed by atoms with E-state index in [4.69, 9.17) is 0 Å². The summed E-state index contributed by atoms with van der Waals surface area (Å²) in [5.74, 6) is -0.643. The summed E-state index contributed by atoms with van der Waals surface area (Å²) in [5, 5.41) is 22.8. The largest absolute Gasteiger partial charge is 0.393 e. The first-order chi connectivity index (χ1) is 8.04. The molecule has 0 amide bonds. The van der Waals surface area contributed by atoms with Gasteiger partial charge in [-0.05, 0) is 25.0 Å². The normalized spacial score (nSPS) is 12.2. The number of nitrogens with zero attached hydrogens (tertiary/aromatic N) is 1. The van der Waals surface area contributed by atoms with Gasteiger partial charge in [0.2, 0.25) is 0 Å². The van der Waals surface area contributed by atoms with Crippen molar-refractivity contribution in [2.75, 3.05) is 11.9 Å². The van der Waals surface area contributed by atoms with Crippen LogP contribution in [0.25, 0.3) is 0 Å². The first-order valence-electron chi connectivity index (χ1n) is 5.40. The van der Waals surface area contributed by atoms with Gasteiger partial charge in [-0.3, -0.25) is 10.1 Å². The molecule has 94 valence electrons. The molecule has 0 aliphatic carbocycles. The molecule has 17 heavy (non-hydrogen) atoms. The van der Waals surface area contributed by atoms with Crippen LogP contribution < -0.4 is 5.32 Å². The molecule has 1 atom stereocenters. The molecule has 0 radical (unpaired) electrons. The average molecular weight is 242 g/mol. The number of aliphatic hydroxyl groups is 1. The highest BCUT2D eigenvalue weighted by molar-refractivity contribution is 5.61. The summed E-state index contributed by atoms with van der Waals surface area (Å²) in [4.78, 5) is 10.0. The van der Waals surface area contributed by atoms with Gasteiger partial charge in [0.1, 0.15) is 11.5 Å². The molecule has 0 aliphatic rings. The zero-order valence-corrected chi connectivity index (χ0v) is 9.52. The lowest BCUT2D eigenvalue weighted by Gasteiger charge is -2.10. The summed E-state index contributed by atoms with van der Waals surface area (Å²) < 4.78 is 12.8. The van der Waals surface area contributed by atoms with Crippen LogP contribution >= 0.6 is 0 Å². The van der Waals surface area contributed by atoms with Crippen molar-refractivity contribution in [3.05, 3.63) is 34.1 Å². The lowest BCUT2D eigenvalue weighted by molar-refractivity contribution is -0.384. The fourth-order valence-electron chi connectivity index (χ4n) is 1.38. The van der Waals surface area contributed by atoms with Crippen LogP contribution in [-0.4, -0.2) is 22.7 Å². The minimum absolute atomic E-state index is 0.264. The van der Waals surface area contributed by atoms with Gasteiger partial charge in [0.25, 0.3) is 5.69 Å². The van der Waals surface area contributed by atoms with Gasteiger partial charge < -0.3 is 10.4 Å². The van der Waals surface area contributed by atoms with Gasteiger partial charge >= 0.3 is 0 Å². The molecule has 0 saturated heterocycles. The van der Waals surface area contributed by atoms with E-state index < -0.39 is 16.8 Å². The van der Waals surface area contributed by atoms with Crippen LogP contribution in [-0.2, 0) is 0 Å². The van der Waals surface area contributed by atoms with Crippen molar-refractivity contribution in [2.45, 2.75) is 25.9 Å². The second-order valence-corrected chi connectivity index (χ2v) is 3.70. The maximum Gasteiger partial charge on any atom is 0.295 e. The topological polar surface area (TPSA) is 75.4 Å². The van der Waals surface area contributed by atoms with E-state index in [2.05, 4.69) is 5.32 Å². The quantitative estimate of drug-likeness (QED) is 0.593. The molecule has 0 aliphatic heterocycles. The van der Waals surface area contributed by atoms with Gasteiger partial charge in [-0.1, -0.05) is 6.92 Å². The van der Waals surface area contributed by atoms with Crippen LogP contribution in [0.15, 0.2) is 18.2 Å². The third-order valence-electron chi connectivity index (χ3n) is 2.42. The molecule has 6 heteroatoms. The SMILES string of the molecule is CCC(O)CCNc1ccc(F)cc1[N+](=O)[O-]. The Balaban J connectivity index is 2.67. The maximum atomic E-state index is 12.8. The van der Waals surface area contributed by atoms with E-state index in [9.17, 15) is 19.6 Å². The predicted molar refractivity (Wildman–Crippen MR) is 62.5 cm³/mol. The van der Waals surface area contributed by atoms with Crippen molar-refractivity contribution < 1.29 is 14.4 Å². The second kappa shape index (κ2) is 6.15. The number of nitro groups is 1. The summed E-state index contributed by atoms with van der Waals surface area (Å²) >= 11 is 0. The van der Waals surface area contributed by atoms with Crippen LogP contribution in [0.1, 0.15) is 19.8 Å². The standard InChI is InChI=1S/C11H15FN2O3/c1-2-9(15)5-6-13-10-4-3-8(12)7-11(10)14(16)17/h3-4,7,9,13,15H,2,5-6H2,1H3. The van der Waals surface area contributed by atoms with E-state index in [1.807, 2.05) is 6.92 Å². The highest BCUT2D eigenvalue weighted by Crippen LogP contribution is 2.24. The number of hydrogen-bond donors (Lipinski definition) is 2. The Hall–Kier alpha value is -1.69. The molecule has 0 spiro atoms. The van der Waals surface area contributed by atoms with Crippen molar-refractivity contribution >= 4 is 11.4 Å². The summed E-state index contributed by atoms with van der Waals surface area (Å²) in [5.41, 5.74) is -0.0318. The highest BCUT2D eigenvalue weighted by atomic mass is 19.1. The molecule has 0 saturated carbocycles. The first-order valence-corrected chi connectivity index (χ1v) is 5.40. The Morgan fingerprint density at radius 1 is 1.59 bits per heavy atom. The monoisotopic (exact) mass is 242 g/mol. The summed E-state index contributed by atoms with van der Waals surface area (Å²) in [6, 6.07) is 3.36. The third kappa shape index (κ3) is 3.99. The predicted octanol–water partition coefficient (Wildman–Crippen LogP) is 2.31. The molecular formula is C11H15FN2O3. The molecule has 1 unspecified atom stereocenters. The Bertz CT molecular complexity index is 398. The third-order valence-corrected chi connectivity index (χ3v) is 2.42. The van der Waals surface area contributed by atoms with Crippen LogP contribution in [0.4, 0.5) is 15.8 Å². The molecule has 0 aromatic heterocycles. The average Bonchev–Trinajstić information content (AvgIpc) is 2.30. The van der Waals surface area contributed by atoms with Gasteiger partial charge in [-0.15, -0.1) is 0 Å². The van der Waals surface area contributed by atoms with E-state index in [-0.39, 0.29) is 11.4 Å². The van der Waals surface area contributed by atoms with Gasteiger partial charge in [-0.2, -0.15) is 0 Å². The van der Waals surface area contributed by atoms with Crippen molar-refractivity contribution in [3.8, 4) is 0 Å². The zero-order valence-electron chi connectivity index (χ0n) is 9.52. The fraction of sp³-hybridized carbons (Fsp3) is 0.455. The molecule has 5 nitrogen and oxygen atoms in total. The number of hydrogen-bond acceptors (Lipinski definition) is 4. The minimum atomic E-state index is -0.643. The summed E-state index contributed by atoms with van der Waals surface area (Å²) in [6.45, 7) is 2.26. The van der Waals surface area contributed by atoms with E-state index in [1.165, 1.54) is 6.07 Å². The van der Waals surface area contributed by atoms with Crippen molar-refractivity contribution in [1.82, 2.24) is 0 Å². The molecular weight excluding hydrogens is 227 g/mol. The summed E-state index contributed by atoms with van der Waals surface area (Å²) in [6.07, 6.45) is 0.695. The highest BCUT2D eigenvalue weighted by Gasteiger charge is 2.14. The number of benzene rings is 1. The maximum absolute atomic E-state index is 12.8. The molecule has 1 aromatic carbocycles. The van der Waals surface area contributed by atoms with E-state index in [0.717, 1.165) is 12.1 Å². The van der Waals surface area contributed by atoms with Crippen LogP contribution in [0, 0.1) is 15.9 Å². The van der Waals surface area contributed by atoms with Crippen molar-refractivity contribution in [3.63, 3.8) is 0 Å². The molecule has 0 fully saturated rings.